The van der Waals surface area contributed by atoms with E-state index >= 15 is 0 Å². The van der Waals surface area contributed by atoms with Crippen LogP contribution in [0.15, 0.2) is 78.9 Å². The van der Waals surface area contributed by atoms with Crippen molar-refractivity contribution >= 4 is 46.7 Å². The fraction of sp³-hybridized carbons (Fsp3) is 0.361. The van der Waals surface area contributed by atoms with Crippen molar-refractivity contribution in [1.29, 1.82) is 0 Å². The van der Waals surface area contributed by atoms with Crippen LogP contribution in [0.25, 0.3) is 10.1 Å². The number of thiophene rings is 1. The minimum atomic E-state index is -5.78. The molecule has 2 aliphatic rings. The van der Waals surface area contributed by atoms with Crippen LogP contribution in [0.1, 0.15) is 65.0 Å². The van der Waals surface area contributed by atoms with Crippen LogP contribution in [0, 0.1) is 5.41 Å². The third kappa shape index (κ3) is 6.92. The Morgan fingerprint density at radius 2 is 1.63 bits per heavy atom. The number of benzene rings is 3. The highest BCUT2D eigenvalue weighted by atomic mass is 32.1. The van der Waals surface area contributed by atoms with E-state index in [1.807, 2.05) is 68.1 Å². The van der Waals surface area contributed by atoms with Gasteiger partial charge in [0.15, 0.2) is 0 Å². The van der Waals surface area contributed by atoms with Crippen LogP contribution in [0.2, 0.25) is 0 Å². The molecule has 0 bridgehead atoms. The molecule has 9 nitrogen and oxygen atoms in total. The quantitative estimate of drug-likeness (QED) is 0.195. The smallest absolute Gasteiger partial charge is 0.340 e. The van der Waals surface area contributed by atoms with Crippen LogP contribution >= 0.6 is 18.9 Å². The molecular formula is C36H38F2N3O6PS. The van der Waals surface area contributed by atoms with Gasteiger partial charge in [-0.2, -0.15) is 8.78 Å². The molecule has 0 aliphatic carbocycles. The number of carbonyl (C=O) groups is 3. The van der Waals surface area contributed by atoms with Crippen molar-refractivity contribution in [1.82, 2.24) is 15.1 Å². The van der Waals surface area contributed by atoms with Gasteiger partial charge in [-0.1, -0.05) is 81.4 Å². The number of likely N-dealkylation sites (tertiary alicyclic amines) is 1. The Labute approximate surface area is 287 Å². The fourth-order valence-electron chi connectivity index (χ4n) is 6.67. The average Bonchev–Trinajstić information content (AvgIpc) is 3.73. The summed E-state index contributed by atoms with van der Waals surface area (Å²) in [5.74, 6) is -0.944. The van der Waals surface area contributed by atoms with Gasteiger partial charge in [-0.15, -0.1) is 11.3 Å². The molecule has 1 fully saturated rings. The lowest BCUT2D eigenvalue weighted by Gasteiger charge is -2.42. The minimum absolute atomic E-state index is 0.132. The highest BCUT2D eigenvalue weighted by Crippen LogP contribution is 2.59. The minimum Gasteiger partial charge on any atom is -0.340 e. The zero-order valence-corrected chi connectivity index (χ0v) is 29.0. The number of nitrogens with zero attached hydrogens (tertiary/aromatic N) is 2. The van der Waals surface area contributed by atoms with Gasteiger partial charge in [0.1, 0.15) is 12.1 Å². The van der Waals surface area contributed by atoms with Crippen LogP contribution < -0.4 is 5.32 Å². The van der Waals surface area contributed by atoms with E-state index in [9.17, 15) is 27.7 Å². The van der Waals surface area contributed by atoms with E-state index in [1.165, 1.54) is 17.7 Å². The summed E-state index contributed by atoms with van der Waals surface area (Å²) in [7, 11) is -5.78. The molecule has 49 heavy (non-hydrogen) atoms. The molecule has 3 amide bonds. The van der Waals surface area contributed by atoms with Gasteiger partial charge in [0, 0.05) is 42.2 Å². The molecule has 0 spiro atoms. The van der Waals surface area contributed by atoms with Crippen molar-refractivity contribution in [2.24, 2.45) is 5.41 Å². The number of rotatable bonds is 7. The van der Waals surface area contributed by atoms with Crippen LogP contribution in [-0.2, 0) is 32.8 Å². The van der Waals surface area contributed by atoms with Crippen molar-refractivity contribution < 1.29 is 37.5 Å². The maximum atomic E-state index is 14.5. The van der Waals surface area contributed by atoms with Crippen molar-refractivity contribution in [3.63, 3.8) is 0 Å². The largest absolute Gasteiger partial charge is 0.399 e. The van der Waals surface area contributed by atoms with Gasteiger partial charge in [0.05, 0.1) is 4.88 Å². The van der Waals surface area contributed by atoms with Gasteiger partial charge in [0.2, 0.25) is 11.8 Å². The Morgan fingerprint density at radius 1 is 0.959 bits per heavy atom. The van der Waals surface area contributed by atoms with E-state index in [0.29, 0.717) is 24.2 Å². The maximum Gasteiger partial charge on any atom is 0.399 e. The molecule has 258 valence electrons. The van der Waals surface area contributed by atoms with Crippen molar-refractivity contribution in [2.45, 2.75) is 63.8 Å². The molecule has 4 aromatic rings. The molecule has 3 aromatic carbocycles. The number of carbonyl (C=O) groups excluding carboxylic acids is 3. The highest BCUT2D eigenvalue weighted by Gasteiger charge is 2.50. The van der Waals surface area contributed by atoms with Gasteiger partial charge in [-0.25, -0.2) is 0 Å². The van der Waals surface area contributed by atoms with E-state index in [0.717, 1.165) is 41.0 Å². The van der Waals surface area contributed by atoms with Crippen molar-refractivity contribution in [2.75, 3.05) is 13.1 Å². The van der Waals surface area contributed by atoms with E-state index in [-0.39, 0.29) is 28.6 Å². The van der Waals surface area contributed by atoms with Crippen molar-refractivity contribution in [3.8, 4) is 0 Å². The van der Waals surface area contributed by atoms with Crippen LogP contribution in [0.4, 0.5) is 8.78 Å². The number of amides is 3. The lowest BCUT2D eigenvalue weighted by molar-refractivity contribution is -0.149. The normalized spacial score (nSPS) is 19.1. The third-order valence-corrected chi connectivity index (χ3v) is 11.5. The first-order chi connectivity index (χ1) is 23.0. The van der Waals surface area contributed by atoms with Gasteiger partial charge in [-0.3, -0.25) is 18.9 Å². The Kier molecular flexibility index (Phi) is 9.30. The molecule has 0 radical (unpaired) electrons. The number of fused-ring (bicyclic) bond motifs is 2. The summed E-state index contributed by atoms with van der Waals surface area (Å²) in [4.78, 5) is 64.3. The van der Waals surface area contributed by atoms with Gasteiger partial charge in [-0.05, 0) is 52.1 Å². The second kappa shape index (κ2) is 13.1. The predicted molar refractivity (Wildman–Crippen MR) is 183 cm³/mol. The molecule has 3 N–H and O–H groups in total. The first kappa shape index (κ1) is 34.9. The molecule has 3 atom stereocenters. The molecule has 3 heterocycles. The molecule has 1 saturated heterocycles. The highest BCUT2D eigenvalue weighted by molar-refractivity contribution is 7.52. The molecular weight excluding hydrogens is 671 g/mol. The summed E-state index contributed by atoms with van der Waals surface area (Å²) in [6, 6.07) is 20.5. The lowest BCUT2D eigenvalue weighted by Crippen LogP contribution is -2.60. The number of nitrogens with one attached hydrogen (secondary N) is 1. The molecule has 13 heteroatoms. The average molecular weight is 710 g/mol. The van der Waals surface area contributed by atoms with E-state index < -0.39 is 48.1 Å². The second-order valence-corrected chi connectivity index (χ2v) is 16.6. The molecule has 0 saturated carbocycles. The Bertz CT molecular complexity index is 1960. The lowest BCUT2D eigenvalue weighted by atomic mass is 9.84. The van der Waals surface area contributed by atoms with Crippen LogP contribution in [0.3, 0.4) is 0 Å². The first-order valence-corrected chi connectivity index (χ1v) is 18.5. The summed E-state index contributed by atoms with van der Waals surface area (Å²) in [5.41, 5.74) is -2.95. The molecule has 1 aromatic heterocycles. The summed E-state index contributed by atoms with van der Waals surface area (Å²) in [5, 5.41) is 3.07. The SMILES string of the molecule is CC(C)(C)[C@H](NC(=O)c1cc2cc(C(F)(F)P(=O)(O)O)ccc2s1)C(=O)N1Cc2ccccc2CC1C(=O)N1CC[C@@H](c2ccccc2)C1. The van der Waals surface area contributed by atoms with E-state index in [1.54, 1.807) is 4.90 Å². The summed E-state index contributed by atoms with van der Waals surface area (Å²) < 4.78 is 40.7. The Balaban J connectivity index is 1.26. The zero-order chi connectivity index (χ0) is 35.3. The number of hydrogen-bond donors (Lipinski definition) is 3. The van der Waals surface area contributed by atoms with Crippen molar-refractivity contribution in [3.05, 3.63) is 106 Å². The maximum absolute atomic E-state index is 14.5. The van der Waals surface area contributed by atoms with Gasteiger partial charge < -0.3 is 24.9 Å². The number of hydrogen-bond acceptors (Lipinski definition) is 5. The third-order valence-electron chi connectivity index (χ3n) is 9.43. The topological polar surface area (TPSA) is 127 Å². The fourth-order valence-corrected chi connectivity index (χ4v) is 8.09. The molecule has 1 unspecified atom stereocenters. The zero-order valence-electron chi connectivity index (χ0n) is 27.3. The van der Waals surface area contributed by atoms with Crippen LogP contribution in [-0.4, -0.2) is 62.5 Å². The summed E-state index contributed by atoms with van der Waals surface area (Å²) in [6.45, 7) is 6.77. The van der Waals surface area contributed by atoms with Crippen LogP contribution in [0.5, 0.6) is 0 Å². The molecule has 2 aliphatic heterocycles. The predicted octanol–water partition coefficient (Wildman–Crippen LogP) is 6.24. The van der Waals surface area contributed by atoms with E-state index in [4.69, 9.17) is 9.79 Å². The Morgan fingerprint density at radius 3 is 2.31 bits per heavy atom. The summed E-state index contributed by atoms with van der Waals surface area (Å²) in [6.07, 6.45) is 1.16. The summed E-state index contributed by atoms with van der Waals surface area (Å²) >= 11 is 1.01. The van der Waals surface area contributed by atoms with E-state index in [2.05, 4.69) is 17.4 Å². The van der Waals surface area contributed by atoms with Gasteiger partial charge in [0.25, 0.3) is 5.91 Å². The van der Waals surface area contributed by atoms with Gasteiger partial charge >= 0.3 is 13.3 Å². The monoisotopic (exact) mass is 709 g/mol. The standard InChI is InChI=1S/C36H38F2N3O6PS/c1-35(2,3)31(39-32(42)30-19-26-17-27(13-14-29(26)49-30)36(37,38)48(45,46)47)34(44)41-21-24-12-8-7-11-23(24)18-28(41)33(43)40-16-15-25(20-40)22-9-5-4-6-10-22/h4-14,17,19,25,28,31H,15-16,18,20-21H2,1-3H3,(H,39,42)(H2,45,46,47)/t25-,28?,31-/m1/s1. The Hall–Kier alpha value is -3.96. The first-order valence-electron chi connectivity index (χ1n) is 16.0. The molecule has 6 rings (SSSR count). The number of alkyl halides is 2. The second-order valence-electron chi connectivity index (χ2n) is 13.9. The number of halogens is 2.